The van der Waals surface area contributed by atoms with Gasteiger partial charge in [-0.15, -0.1) is 23.1 Å². The maximum Gasteiger partial charge on any atom is 0.256 e. The summed E-state index contributed by atoms with van der Waals surface area (Å²) in [6.07, 6.45) is 4.58. The molecule has 9 heteroatoms. The number of nitrogens with zero attached hydrogens (tertiary/aromatic N) is 2. The number of aromatic nitrogens is 2. The van der Waals surface area contributed by atoms with E-state index >= 15 is 0 Å². The van der Waals surface area contributed by atoms with E-state index in [2.05, 4.69) is 10.3 Å². The molecule has 3 heterocycles. The van der Waals surface area contributed by atoms with E-state index in [0.717, 1.165) is 21.1 Å². The standard InChI is InChI=1S/C22H19N3O3S3/c26-21(18-3-1-2-4-20(18)30-17-9-12-31(27,28)14-17)23-16-7-5-15(6-8-16)19-13-25-10-11-29-22(25)24-19/h1-8,10-11,13,17H,9,12,14H2,(H,23,26)/t17-/m1/s1. The predicted molar refractivity (Wildman–Crippen MR) is 126 cm³/mol. The number of thiazole rings is 1. The molecule has 0 spiro atoms. The van der Waals surface area contributed by atoms with E-state index in [4.69, 9.17) is 0 Å². The molecule has 158 valence electrons. The number of imidazole rings is 1. The number of sulfone groups is 1. The minimum absolute atomic E-state index is 0.0113. The van der Waals surface area contributed by atoms with E-state index in [-0.39, 0.29) is 22.7 Å². The number of hydrogen-bond acceptors (Lipinski definition) is 6. The van der Waals surface area contributed by atoms with Crippen LogP contribution in [0.25, 0.3) is 16.2 Å². The number of anilines is 1. The number of benzene rings is 2. The number of carbonyl (C=O) groups excluding carboxylic acids is 1. The van der Waals surface area contributed by atoms with Gasteiger partial charge in [0.05, 0.1) is 22.8 Å². The fraction of sp³-hybridized carbons (Fsp3) is 0.182. The predicted octanol–water partition coefficient (Wildman–Crippen LogP) is 4.59. The summed E-state index contributed by atoms with van der Waals surface area (Å²) in [6, 6.07) is 14.9. The lowest BCUT2D eigenvalue weighted by atomic mass is 10.1. The first-order chi connectivity index (χ1) is 15.0. The van der Waals surface area contributed by atoms with Crippen molar-refractivity contribution in [2.45, 2.75) is 16.6 Å². The second-order valence-electron chi connectivity index (χ2n) is 7.39. The van der Waals surface area contributed by atoms with Crippen molar-refractivity contribution in [3.63, 3.8) is 0 Å². The second-order valence-corrected chi connectivity index (χ2v) is 11.8. The lowest BCUT2D eigenvalue weighted by molar-refractivity contribution is 0.102. The maximum absolute atomic E-state index is 12.9. The lowest BCUT2D eigenvalue weighted by Gasteiger charge is -2.13. The highest BCUT2D eigenvalue weighted by Gasteiger charge is 2.29. The zero-order valence-corrected chi connectivity index (χ0v) is 18.8. The van der Waals surface area contributed by atoms with Gasteiger partial charge in [0.25, 0.3) is 5.91 Å². The molecular formula is C22H19N3O3S3. The van der Waals surface area contributed by atoms with Crippen molar-refractivity contribution >= 4 is 49.5 Å². The topological polar surface area (TPSA) is 80.5 Å². The average molecular weight is 470 g/mol. The minimum Gasteiger partial charge on any atom is -0.322 e. The summed E-state index contributed by atoms with van der Waals surface area (Å²) >= 11 is 3.06. The molecule has 5 rings (SSSR count). The van der Waals surface area contributed by atoms with Gasteiger partial charge in [-0.05, 0) is 30.7 Å². The van der Waals surface area contributed by atoms with E-state index in [1.54, 1.807) is 17.4 Å². The number of carbonyl (C=O) groups is 1. The summed E-state index contributed by atoms with van der Waals surface area (Å²) in [7, 11) is -2.96. The highest BCUT2D eigenvalue weighted by molar-refractivity contribution is 8.02. The molecule has 1 fully saturated rings. The quantitative estimate of drug-likeness (QED) is 0.462. The molecule has 0 bridgehead atoms. The minimum atomic E-state index is -2.96. The van der Waals surface area contributed by atoms with Crippen LogP contribution in [0.5, 0.6) is 0 Å². The maximum atomic E-state index is 12.9. The fourth-order valence-corrected chi connectivity index (χ4v) is 7.91. The fourth-order valence-electron chi connectivity index (χ4n) is 3.58. The van der Waals surface area contributed by atoms with Crippen LogP contribution in [0.2, 0.25) is 0 Å². The van der Waals surface area contributed by atoms with Crippen molar-refractivity contribution in [3.8, 4) is 11.3 Å². The molecule has 1 saturated heterocycles. The number of nitrogens with one attached hydrogen (secondary N) is 1. The van der Waals surface area contributed by atoms with Gasteiger partial charge >= 0.3 is 0 Å². The summed E-state index contributed by atoms with van der Waals surface area (Å²) in [4.78, 5) is 19.3. The molecule has 2 aromatic heterocycles. The van der Waals surface area contributed by atoms with E-state index < -0.39 is 9.84 Å². The van der Waals surface area contributed by atoms with Gasteiger partial charge in [-0.3, -0.25) is 9.20 Å². The van der Waals surface area contributed by atoms with E-state index in [1.165, 1.54) is 11.8 Å². The number of hydrogen-bond donors (Lipinski definition) is 1. The number of thioether (sulfide) groups is 1. The molecule has 0 saturated carbocycles. The van der Waals surface area contributed by atoms with Gasteiger partial charge in [0.15, 0.2) is 14.8 Å². The van der Waals surface area contributed by atoms with Gasteiger partial charge in [0.2, 0.25) is 0 Å². The Morgan fingerprint density at radius 1 is 1.16 bits per heavy atom. The molecule has 1 aliphatic heterocycles. The average Bonchev–Trinajstić information content (AvgIpc) is 3.44. The Hall–Kier alpha value is -2.62. The van der Waals surface area contributed by atoms with Crippen LogP contribution in [0.1, 0.15) is 16.8 Å². The zero-order chi connectivity index (χ0) is 21.4. The molecule has 1 aliphatic rings. The smallest absolute Gasteiger partial charge is 0.256 e. The highest BCUT2D eigenvalue weighted by Crippen LogP contribution is 2.33. The van der Waals surface area contributed by atoms with Crippen molar-refractivity contribution < 1.29 is 13.2 Å². The molecule has 6 nitrogen and oxygen atoms in total. The Morgan fingerprint density at radius 3 is 2.71 bits per heavy atom. The molecule has 0 unspecified atom stereocenters. The third kappa shape index (κ3) is 4.39. The third-order valence-electron chi connectivity index (χ3n) is 5.15. The summed E-state index contributed by atoms with van der Waals surface area (Å²) in [5, 5.41) is 4.93. The Kier molecular flexibility index (Phi) is 5.33. The monoisotopic (exact) mass is 469 g/mol. The molecule has 0 radical (unpaired) electrons. The van der Waals surface area contributed by atoms with Gasteiger partial charge in [-0.1, -0.05) is 24.3 Å². The number of rotatable bonds is 5. The van der Waals surface area contributed by atoms with E-state index in [1.807, 2.05) is 64.6 Å². The van der Waals surface area contributed by atoms with Gasteiger partial charge < -0.3 is 5.32 Å². The van der Waals surface area contributed by atoms with E-state index in [9.17, 15) is 13.2 Å². The Bertz CT molecular complexity index is 1330. The SMILES string of the molecule is O=C(Nc1ccc(-c2cn3ccsc3n2)cc1)c1ccccc1S[C@@H]1CCS(=O)(=O)C1. The van der Waals surface area contributed by atoms with Crippen molar-refractivity contribution in [2.24, 2.45) is 0 Å². The van der Waals surface area contributed by atoms with Crippen LogP contribution in [-0.4, -0.2) is 40.5 Å². The largest absolute Gasteiger partial charge is 0.322 e. The molecule has 1 amide bonds. The van der Waals surface area contributed by atoms with Crippen molar-refractivity contribution in [1.82, 2.24) is 9.38 Å². The van der Waals surface area contributed by atoms with Crippen LogP contribution in [0, 0.1) is 0 Å². The van der Waals surface area contributed by atoms with Crippen LogP contribution in [0.4, 0.5) is 5.69 Å². The van der Waals surface area contributed by atoms with Crippen LogP contribution in [-0.2, 0) is 9.84 Å². The highest BCUT2D eigenvalue weighted by atomic mass is 32.2. The summed E-state index contributed by atoms with van der Waals surface area (Å²) in [5.41, 5.74) is 3.11. The second kappa shape index (κ2) is 8.14. The van der Waals surface area contributed by atoms with Gasteiger partial charge in [-0.2, -0.15) is 0 Å². The van der Waals surface area contributed by atoms with Crippen molar-refractivity contribution in [1.29, 1.82) is 0 Å². The first-order valence-electron chi connectivity index (χ1n) is 9.77. The number of amides is 1. The van der Waals surface area contributed by atoms with Gasteiger partial charge in [-0.25, -0.2) is 13.4 Å². The third-order valence-corrected chi connectivity index (χ3v) is 9.24. The van der Waals surface area contributed by atoms with Crippen LogP contribution in [0.15, 0.2) is 71.2 Å². The lowest BCUT2D eigenvalue weighted by Crippen LogP contribution is -2.14. The molecule has 0 aliphatic carbocycles. The van der Waals surface area contributed by atoms with Crippen LogP contribution >= 0.6 is 23.1 Å². The summed E-state index contributed by atoms with van der Waals surface area (Å²) in [6.45, 7) is 0. The molecule has 4 aromatic rings. The molecular weight excluding hydrogens is 450 g/mol. The van der Waals surface area contributed by atoms with Crippen molar-refractivity contribution in [2.75, 3.05) is 16.8 Å². The molecule has 2 aromatic carbocycles. The summed E-state index contributed by atoms with van der Waals surface area (Å²) < 4.78 is 25.5. The van der Waals surface area contributed by atoms with Gasteiger partial charge in [0, 0.05) is 39.2 Å². The first-order valence-corrected chi connectivity index (χ1v) is 13.3. The Labute approximate surface area is 188 Å². The zero-order valence-electron chi connectivity index (χ0n) is 16.4. The van der Waals surface area contributed by atoms with Gasteiger partial charge in [0.1, 0.15) is 0 Å². The normalized spacial score (nSPS) is 17.7. The van der Waals surface area contributed by atoms with Crippen LogP contribution in [0.3, 0.4) is 0 Å². The Morgan fingerprint density at radius 2 is 1.97 bits per heavy atom. The van der Waals surface area contributed by atoms with Crippen LogP contribution < -0.4 is 5.32 Å². The first kappa shape index (κ1) is 20.3. The molecule has 1 N–H and O–H groups in total. The van der Waals surface area contributed by atoms with Crippen molar-refractivity contribution in [3.05, 3.63) is 71.9 Å². The number of fused-ring (bicyclic) bond motifs is 1. The Balaban J connectivity index is 1.30. The summed E-state index contributed by atoms with van der Waals surface area (Å²) in [5.74, 6) is 0.181. The molecule has 31 heavy (non-hydrogen) atoms. The van der Waals surface area contributed by atoms with E-state index in [0.29, 0.717) is 17.7 Å². The molecule has 1 atom stereocenters.